The summed E-state index contributed by atoms with van der Waals surface area (Å²) in [6, 6.07) is 0. The number of hydrogen-bond acceptors (Lipinski definition) is 1. The van der Waals surface area contributed by atoms with E-state index in [-0.39, 0.29) is 11.1 Å². The van der Waals surface area contributed by atoms with E-state index in [9.17, 15) is 0 Å². The Morgan fingerprint density at radius 1 is 1.17 bits per heavy atom. The van der Waals surface area contributed by atoms with Crippen molar-refractivity contribution in [1.29, 1.82) is 0 Å². The molecule has 0 aromatic carbocycles. The Morgan fingerprint density at radius 3 is 2.00 bits per heavy atom. The van der Waals surface area contributed by atoms with Gasteiger partial charge in [0.25, 0.3) is 0 Å². The summed E-state index contributed by atoms with van der Waals surface area (Å²) in [7, 11) is -1.73. The van der Waals surface area contributed by atoms with E-state index in [0.717, 1.165) is 11.1 Å². The fourth-order valence-electron chi connectivity index (χ4n) is 1.35. The highest BCUT2D eigenvalue weighted by molar-refractivity contribution is 6.74. The Bertz CT molecular complexity index is 356. The molecule has 102 valence electrons. The molecule has 0 aromatic heterocycles. The zero-order valence-electron chi connectivity index (χ0n) is 12.8. The molecule has 0 saturated carbocycles. The van der Waals surface area contributed by atoms with Crippen LogP contribution in [0.4, 0.5) is 0 Å². The molecule has 2 heteroatoms. The molecule has 1 nitrogen and oxygen atoms in total. The average molecular weight is 264 g/mol. The molecule has 0 amide bonds. The molecule has 0 heterocycles. The topological polar surface area (TPSA) is 9.23 Å². The van der Waals surface area contributed by atoms with Crippen LogP contribution >= 0.6 is 0 Å². The minimum Gasteiger partial charge on any atom is -0.411 e. The van der Waals surface area contributed by atoms with Crippen LogP contribution in [0.15, 0.2) is 49.1 Å². The van der Waals surface area contributed by atoms with Crippen LogP contribution in [0.1, 0.15) is 27.7 Å². The summed E-state index contributed by atoms with van der Waals surface area (Å²) in [6.45, 7) is 24.8. The maximum absolute atomic E-state index is 6.27. The standard InChI is InChI=1S/C16H28OSi/c1-10-13(3)15(11-2)12-14(4)17-18(8,9)16(5,6)7/h10-12,14H,1-3H2,4-9H3/b15-12+/t14-/m0/s1. The third-order valence-electron chi connectivity index (χ3n) is 3.54. The van der Waals surface area contributed by atoms with Crippen LogP contribution in [0.25, 0.3) is 0 Å². The molecular formula is C16H28OSi. The Kier molecular flexibility index (Phi) is 6.04. The van der Waals surface area contributed by atoms with E-state index in [1.54, 1.807) is 12.2 Å². The van der Waals surface area contributed by atoms with Gasteiger partial charge in [-0.05, 0) is 42.3 Å². The van der Waals surface area contributed by atoms with E-state index in [1.165, 1.54) is 0 Å². The number of hydrogen-bond donors (Lipinski definition) is 0. The van der Waals surface area contributed by atoms with E-state index < -0.39 is 8.32 Å². The van der Waals surface area contributed by atoms with E-state index >= 15 is 0 Å². The van der Waals surface area contributed by atoms with Crippen molar-refractivity contribution < 1.29 is 4.43 Å². The smallest absolute Gasteiger partial charge is 0.192 e. The quantitative estimate of drug-likeness (QED) is 0.470. The van der Waals surface area contributed by atoms with E-state index in [0.29, 0.717) is 0 Å². The van der Waals surface area contributed by atoms with Gasteiger partial charge >= 0.3 is 0 Å². The second-order valence-corrected chi connectivity index (χ2v) is 10.9. The molecule has 0 aliphatic heterocycles. The molecule has 0 fully saturated rings. The zero-order chi connectivity index (χ0) is 14.6. The van der Waals surface area contributed by atoms with Crippen LogP contribution in [-0.4, -0.2) is 14.4 Å². The van der Waals surface area contributed by atoms with E-state index in [1.807, 2.05) is 0 Å². The average Bonchev–Trinajstić information content (AvgIpc) is 2.22. The van der Waals surface area contributed by atoms with Crippen molar-refractivity contribution in [2.24, 2.45) is 0 Å². The summed E-state index contributed by atoms with van der Waals surface area (Å²) in [6.07, 6.45) is 5.68. The van der Waals surface area contributed by atoms with Crippen molar-refractivity contribution in [3.8, 4) is 0 Å². The van der Waals surface area contributed by atoms with Crippen molar-refractivity contribution in [1.82, 2.24) is 0 Å². The SMILES string of the molecule is C=CC(=C)/C(C=C)=C/[C@H](C)O[Si](C)(C)C(C)(C)C. The van der Waals surface area contributed by atoms with E-state index in [2.05, 4.69) is 66.6 Å². The van der Waals surface area contributed by atoms with Crippen molar-refractivity contribution in [3.05, 3.63) is 49.1 Å². The van der Waals surface area contributed by atoms with Gasteiger partial charge in [0.2, 0.25) is 0 Å². The number of allylic oxidation sites excluding steroid dienone is 4. The Morgan fingerprint density at radius 2 is 1.67 bits per heavy atom. The highest BCUT2D eigenvalue weighted by Gasteiger charge is 2.38. The van der Waals surface area contributed by atoms with Crippen molar-refractivity contribution >= 4 is 8.32 Å². The van der Waals surface area contributed by atoms with Gasteiger partial charge in [-0.3, -0.25) is 0 Å². The summed E-state index contributed by atoms with van der Waals surface area (Å²) in [5, 5.41) is 0.221. The van der Waals surface area contributed by atoms with Crippen LogP contribution in [0.5, 0.6) is 0 Å². The van der Waals surface area contributed by atoms with Crippen LogP contribution in [-0.2, 0) is 4.43 Å². The van der Waals surface area contributed by atoms with Crippen LogP contribution in [0.2, 0.25) is 18.1 Å². The Balaban J connectivity index is 4.93. The predicted octanol–water partition coefficient (Wildman–Crippen LogP) is 5.25. The second-order valence-electron chi connectivity index (χ2n) is 6.14. The molecule has 0 aromatic rings. The number of rotatable bonds is 6. The highest BCUT2D eigenvalue weighted by Crippen LogP contribution is 2.37. The zero-order valence-corrected chi connectivity index (χ0v) is 13.8. The van der Waals surface area contributed by atoms with Crippen molar-refractivity contribution in [2.75, 3.05) is 0 Å². The molecule has 0 aliphatic rings. The van der Waals surface area contributed by atoms with Crippen molar-refractivity contribution in [3.63, 3.8) is 0 Å². The monoisotopic (exact) mass is 264 g/mol. The van der Waals surface area contributed by atoms with Crippen molar-refractivity contribution in [2.45, 2.75) is 51.9 Å². The fraction of sp³-hybridized carbons (Fsp3) is 0.500. The van der Waals surface area contributed by atoms with Gasteiger partial charge in [-0.2, -0.15) is 0 Å². The van der Waals surface area contributed by atoms with Gasteiger partial charge in [-0.25, -0.2) is 0 Å². The third-order valence-corrected chi connectivity index (χ3v) is 8.11. The molecule has 0 aliphatic carbocycles. The van der Waals surface area contributed by atoms with Gasteiger partial charge in [0.05, 0.1) is 6.10 Å². The van der Waals surface area contributed by atoms with Gasteiger partial charge in [0, 0.05) is 0 Å². The molecule has 18 heavy (non-hydrogen) atoms. The van der Waals surface area contributed by atoms with Crippen LogP contribution in [0, 0.1) is 0 Å². The summed E-state index contributed by atoms with van der Waals surface area (Å²) in [5.41, 5.74) is 1.88. The first-order valence-electron chi connectivity index (χ1n) is 6.39. The summed E-state index contributed by atoms with van der Waals surface area (Å²) in [5.74, 6) is 0. The van der Waals surface area contributed by atoms with Gasteiger partial charge in [-0.15, -0.1) is 0 Å². The second kappa shape index (κ2) is 6.35. The summed E-state index contributed by atoms with van der Waals surface area (Å²) >= 11 is 0. The van der Waals surface area contributed by atoms with E-state index in [4.69, 9.17) is 4.43 Å². The first-order chi connectivity index (χ1) is 8.05. The lowest BCUT2D eigenvalue weighted by Gasteiger charge is -2.38. The lowest BCUT2D eigenvalue weighted by atomic mass is 10.1. The first kappa shape index (κ1) is 17.1. The van der Waals surface area contributed by atoms with Gasteiger partial charge < -0.3 is 4.43 Å². The van der Waals surface area contributed by atoms with Gasteiger partial charge in [0.1, 0.15) is 0 Å². The molecule has 0 rings (SSSR count). The molecule has 0 N–H and O–H groups in total. The minimum absolute atomic E-state index is 0.0654. The molecule has 0 radical (unpaired) electrons. The predicted molar refractivity (Wildman–Crippen MR) is 85.4 cm³/mol. The molecule has 0 bridgehead atoms. The largest absolute Gasteiger partial charge is 0.411 e. The van der Waals surface area contributed by atoms with Gasteiger partial charge in [-0.1, -0.05) is 52.7 Å². The Labute approximate surface area is 114 Å². The molecule has 0 spiro atoms. The normalized spacial score (nSPS) is 15.1. The highest BCUT2D eigenvalue weighted by atomic mass is 28.4. The summed E-state index contributed by atoms with van der Waals surface area (Å²) < 4.78 is 6.27. The fourth-order valence-corrected chi connectivity index (χ4v) is 2.70. The van der Waals surface area contributed by atoms with Crippen LogP contribution < -0.4 is 0 Å². The van der Waals surface area contributed by atoms with Gasteiger partial charge in [0.15, 0.2) is 8.32 Å². The Hall–Kier alpha value is -0.863. The molecular weight excluding hydrogens is 236 g/mol. The molecule has 0 unspecified atom stereocenters. The minimum atomic E-state index is -1.73. The molecule has 1 atom stereocenters. The van der Waals surface area contributed by atoms with Crippen LogP contribution in [0.3, 0.4) is 0 Å². The third kappa shape index (κ3) is 4.79. The lowest BCUT2D eigenvalue weighted by molar-refractivity contribution is 0.243. The molecule has 0 saturated heterocycles. The lowest BCUT2D eigenvalue weighted by Crippen LogP contribution is -2.42. The maximum Gasteiger partial charge on any atom is 0.192 e. The first-order valence-corrected chi connectivity index (χ1v) is 9.29. The maximum atomic E-state index is 6.27. The summed E-state index contributed by atoms with van der Waals surface area (Å²) in [4.78, 5) is 0.